The van der Waals surface area contributed by atoms with Gasteiger partial charge in [-0.1, -0.05) is 0 Å². The van der Waals surface area contributed by atoms with Crippen LogP contribution in [0.1, 0.15) is 27.7 Å². The van der Waals surface area contributed by atoms with Crippen molar-refractivity contribution in [1.29, 1.82) is 0 Å². The summed E-state index contributed by atoms with van der Waals surface area (Å²) in [5, 5.41) is 16.7. The number of ketones is 2. The molecular weight excluding hydrogens is 264 g/mol. The van der Waals surface area contributed by atoms with Crippen molar-refractivity contribution in [3.8, 4) is 0 Å². The van der Waals surface area contributed by atoms with E-state index in [1.807, 2.05) is 0 Å². The molecule has 0 aliphatic rings. The maximum atomic E-state index is 10.0. The molecule has 2 N–H and O–H groups in total. The summed E-state index contributed by atoms with van der Waals surface area (Å²) in [4.78, 5) is 20.0. The molecule has 0 atom stereocenters. The summed E-state index contributed by atoms with van der Waals surface area (Å²) in [7, 11) is 0. The SMILES string of the molecule is Br.CC(=O)/C=C(/C)O.CC(=O)/C=C(/C)O. The third kappa shape index (κ3) is 32.2. The van der Waals surface area contributed by atoms with Crippen LogP contribution in [0.15, 0.2) is 23.7 Å². The van der Waals surface area contributed by atoms with Crippen LogP contribution in [0.25, 0.3) is 0 Å². The van der Waals surface area contributed by atoms with Gasteiger partial charge in [0.05, 0.1) is 11.5 Å². The first kappa shape index (κ1) is 19.5. The Bertz CT molecular complexity index is 231. The quantitative estimate of drug-likeness (QED) is 0.602. The van der Waals surface area contributed by atoms with E-state index in [1.165, 1.54) is 39.8 Å². The number of aliphatic hydroxyl groups is 2. The maximum Gasteiger partial charge on any atom is 0.155 e. The molecule has 0 bridgehead atoms. The Morgan fingerprint density at radius 2 is 1.00 bits per heavy atom. The van der Waals surface area contributed by atoms with Crippen molar-refractivity contribution < 1.29 is 19.8 Å². The molecule has 0 radical (unpaired) electrons. The van der Waals surface area contributed by atoms with E-state index in [4.69, 9.17) is 10.2 Å². The first-order valence-electron chi connectivity index (χ1n) is 4.01. The number of halogens is 1. The molecular formula is C10H17BrO4. The predicted molar refractivity (Wildman–Crippen MR) is 64.5 cm³/mol. The van der Waals surface area contributed by atoms with Gasteiger partial charge < -0.3 is 10.2 Å². The second-order valence-electron chi connectivity index (χ2n) is 2.79. The molecule has 0 spiro atoms. The fourth-order valence-corrected chi connectivity index (χ4v) is 0.588. The summed E-state index contributed by atoms with van der Waals surface area (Å²) in [6.07, 6.45) is 2.33. The Morgan fingerprint density at radius 3 is 1.00 bits per heavy atom. The number of aliphatic hydroxyl groups excluding tert-OH is 2. The lowest BCUT2D eigenvalue weighted by atomic mass is 10.4. The molecule has 0 aliphatic carbocycles. The molecule has 0 rings (SSSR count). The van der Waals surface area contributed by atoms with Gasteiger partial charge in [-0.2, -0.15) is 0 Å². The lowest BCUT2D eigenvalue weighted by Gasteiger charge is -1.80. The highest BCUT2D eigenvalue weighted by Gasteiger charge is 1.83. The first-order chi connectivity index (χ1) is 6.25. The molecule has 0 aromatic rings. The van der Waals surface area contributed by atoms with Crippen molar-refractivity contribution in [1.82, 2.24) is 0 Å². The fourth-order valence-electron chi connectivity index (χ4n) is 0.588. The zero-order valence-electron chi connectivity index (χ0n) is 9.27. The maximum absolute atomic E-state index is 10.0. The Morgan fingerprint density at radius 1 is 0.800 bits per heavy atom. The Kier molecular flexibility index (Phi) is 14.2. The van der Waals surface area contributed by atoms with Gasteiger partial charge in [-0.05, 0) is 27.7 Å². The van der Waals surface area contributed by atoms with Crippen molar-refractivity contribution >= 4 is 28.5 Å². The van der Waals surface area contributed by atoms with Crippen LogP contribution in [-0.2, 0) is 9.59 Å². The van der Waals surface area contributed by atoms with Gasteiger partial charge in [0.15, 0.2) is 11.6 Å². The summed E-state index contributed by atoms with van der Waals surface area (Å²) in [6, 6.07) is 0. The summed E-state index contributed by atoms with van der Waals surface area (Å²) in [5.41, 5.74) is 0. The van der Waals surface area contributed by atoms with Gasteiger partial charge >= 0.3 is 0 Å². The van der Waals surface area contributed by atoms with E-state index in [0.29, 0.717) is 0 Å². The van der Waals surface area contributed by atoms with E-state index < -0.39 is 0 Å². The minimum absolute atomic E-state index is 0. The van der Waals surface area contributed by atoms with Gasteiger partial charge in [-0.3, -0.25) is 9.59 Å². The highest BCUT2D eigenvalue weighted by Crippen LogP contribution is 1.82. The van der Waals surface area contributed by atoms with Crippen LogP contribution in [0.5, 0.6) is 0 Å². The van der Waals surface area contributed by atoms with Gasteiger partial charge in [0, 0.05) is 12.2 Å². The molecule has 88 valence electrons. The number of rotatable bonds is 2. The van der Waals surface area contributed by atoms with Crippen molar-refractivity contribution in [2.45, 2.75) is 27.7 Å². The van der Waals surface area contributed by atoms with Crippen LogP contribution >= 0.6 is 17.0 Å². The highest BCUT2D eigenvalue weighted by molar-refractivity contribution is 8.93. The Balaban J connectivity index is -0.000000180. The topological polar surface area (TPSA) is 74.6 Å². The van der Waals surface area contributed by atoms with Crippen molar-refractivity contribution in [2.24, 2.45) is 0 Å². The van der Waals surface area contributed by atoms with Crippen LogP contribution in [0.3, 0.4) is 0 Å². The molecule has 0 saturated carbocycles. The lowest BCUT2D eigenvalue weighted by molar-refractivity contribution is -0.113. The molecule has 0 aromatic heterocycles. The van der Waals surface area contributed by atoms with Crippen LogP contribution in [0.2, 0.25) is 0 Å². The van der Waals surface area contributed by atoms with Gasteiger partial charge in [0.1, 0.15) is 0 Å². The van der Waals surface area contributed by atoms with E-state index in [9.17, 15) is 9.59 Å². The van der Waals surface area contributed by atoms with E-state index >= 15 is 0 Å². The second-order valence-corrected chi connectivity index (χ2v) is 2.79. The minimum atomic E-state index is -0.125. The number of allylic oxidation sites excluding steroid dienone is 4. The van der Waals surface area contributed by atoms with Crippen molar-refractivity contribution in [3.63, 3.8) is 0 Å². The molecule has 0 amide bonds. The Hall–Kier alpha value is -1.10. The summed E-state index contributed by atoms with van der Waals surface area (Å²) < 4.78 is 0. The summed E-state index contributed by atoms with van der Waals surface area (Å²) in [6.45, 7) is 5.70. The smallest absolute Gasteiger partial charge is 0.155 e. The standard InChI is InChI=1S/2C5H8O2.BrH/c2*1-4(6)3-5(2)7;/h2*3,6H,1-2H3;1H/b2*4-3-;. The van der Waals surface area contributed by atoms with Gasteiger partial charge in [-0.25, -0.2) is 0 Å². The average Bonchev–Trinajstić information content (AvgIpc) is 1.79. The lowest BCUT2D eigenvalue weighted by Crippen LogP contribution is -1.82. The third-order valence-corrected chi connectivity index (χ3v) is 0.824. The normalized spacial score (nSPS) is 10.7. The number of hydrogen-bond donors (Lipinski definition) is 2. The summed E-state index contributed by atoms with van der Waals surface area (Å²) >= 11 is 0. The van der Waals surface area contributed by atoms with Crippen molar-refractivity contribution in [3.05, 3.63) is 23.7 Å². The number of carbonyl (C=O) groups excluding carboxylic acids is 2. The Labute approximate surface area is 100 Å². The van der Waals surface area contributed by atoms with Gasteiger partial charge in [0.2, 0.25) is 0 Å². The number of carbonyl (C=O) groups is 2. The molecule has 0 unspecified atom stereocenters. The highest BCUT2D eigenvalue weighted by atomic mass is 79.9. The van der Waals surface area contributed by atoms with Gasteiger partial charge in [-0.15, -0.1) is 17.0 Å². The van der Waals surface area contributed by atoms with E-state index in [2.05, 4.69) is 0 Å². The third-order valence-electron chi connectivity index (χ3n) is 0.824. The first-order valence-corrected chi connectivity index (χ1v) is 4.01. The molecule has 0 fully saturated rings. The van der Waals surface area contributed by atoms with Crippen LogP contribution < -0.4 is 0 Å². The second kappa shape index (κ2) is 11.0. The zero-order valence-corrected chi connectivity index (χ0v) is 11.0. The molecule has 0 aromatic carbocycles. The largest absolute Gasteiger partial charge is 0.512 e. The molecule has 15 heavy (non-hydrogen) atoms. The monoisotopic (exact) mass is 280 g/mol. The van der Waals surface area contributed by atoms with E-state index in [0.717, 1.165) is 0 Å². The van der Waals surface area contributed by atoms with E-state index in [1.54, 1.807) is 0 Å². The molecule has 0 saturated heterocycles. The summed E-state index contributed by atoms with van der Waals surface area (Å²) in [5.74, 6) is -0.125. The predicted octanol–water partition coefficient (Wildman–Crippen LogP) is 2.65. The van der Waals surface area contributed by atoms with Crippen molar-refractivity contribution in [2.75, 3.05) is 0 Å². The average molecular weight is 281 g/mol. The number of hydrogen-bond acceptors (Lipinski definition) is 4. The van der Waals surface area contributed by atoms with Crippen LogP contribution in [0.4, 0.5) is 0 Å². The van der Waals surface area contributed by atoms with Gasteiger partial charge in [0.25, 0.3) is 0 Å². The molecule has 4 nitrogen and oxygen atoms in total. The van der Waals surface area contributed by atoms with E-state index in [-0.39, 0.29) is 40.1 Å². The molecule has 5 heteroatoms. The fraction of sp³-hybridized carbons (Fsp3) is 0.400. The molecule has 0 aliphatic heterocycles. The minimum Gasteiger partial charge on any atom is -0.512 e. The van der Waals surface area contributed by atoms with Crippen LogP contribution in [-0.4, -0.2) is 21.8 Å². The zero-order chi connectivity index (χ0) is 11.7. The molecule has 0 heterocycles. The van der Waals surface area contributed by atoms with Crippen LogP contribution in [0, 0.1) is 0 Å².